The number of carbonyl (C=O) groups is 2. The smallest absolute Gasteiger partial charge is 0.321 e. The Balaban J connectivity index is 2.16. The minimum atomic E-state index is -1.10. The van der Waals surface area contributed by atoms with E-state index >= 15 is 0 Å². The van der Waals surface area contributed by atoms with Crippen molar-refractivity contribution in [2.24, 2.45) is 5.92 Å². The van der Waals surface area contributed by atoms with Crippen molar-refractivity contribution in [2.45, 2.75) is 52.6 Å². The Morgan fingerprint density at radius 3 is 2.11 bits per heavy atom. The lowest BCUT2D eigenvalue weighted by molar-refractivity contribution is -0.143. The highest BCUT2D eigenvalue weighted by Gasteiger charge is 2.27. The maximum absolute atomic E-state index is 11.6. The molecule has 1 unspecified atom stereocenters. The molecule has 1 heterocycles. The SMILES string of the molecule is Cc1cc(C)cc(-c2ccc(C[C@H](NC(CC(C)C)C(=O)O)C(=O)O)o2)c1. The highest BCUT2D eigenvalue weighted by Crippen LogP contribution is 2.25. The molecule has 3 N–H and O–H groups in total. The number of carboxylic acid groups (broad SMARTS) is 2. The van der Waals surface area contributed by atoms with Gasteiger partial charge in [-0.15, -0.1) is 0 Å². The van der Waals surface area contributed by atoms with E-state index in [2.05, 4.69) is 11.4 Å². The number of hydrogen-bond donors (Lipinski definition) is 3. The van der Waals surface area contributed by atoms with Crippen molar-refractivity contribution in [3.63, 3.8) is 0 Å². The zero-order valence-corrected chi connectivity index (χ0v) is 16.2. The fourth-order valence-corrected chi connectivity index (χ4v) is 3.13. The first-order chi connectivity index (χ1) is 12.7. The molecule has 2 aromatic rings. The van der Waals surface area contributed by atoms with Gasteiger partial charge in [0.1, 0.15) is 23.6 Å². The van der Waals surface area contributed by atoms with Crippen LogP contribution in [-0.2, 0) is 16.0 Å². The van der Waals surface area contributed by atoms with Crippen molar-refractivity contribution in [3.05, 3.63) is 47.2 Å². The Bertz CT molecular complexity index is 788. The second-order valence-corrected chi connectivity index (χ2v) is 7.42. The molecule has 0 spiro atoms. The van der Waals surface area contributed by atoms with Crippen LogP contribution in [0.25, 0.3) is 11.3 Å². The molecule has 2 rings (SSSR count). The molecule has 0 bridgehead atoms. The van der Waals surface area contributed by atoms with Crippen molar-refractivity contribution in [1.82, 2.24) is 5.32 Å². The van der Waals surface area contributed by atoms with Crippen molar-refractivity contribution in [3.8, 4) is 11.3 Å². The van der Waals surface area contributed by atoms with Crippen molar-refractivity contribution in [2.75, 3.05) is 0 Å². The van der Waals surface area contributed by atoms with Gasteiger partial charge in [0.15, 0.2) is 0 Å². The molecule has 0 saturated carbocycles. The number of rotatable bonds is 9. The standard InChI is InChI=1S/C21H27NO5/c1-12(2)7-17(20(23)24)22-18(21(25)26)11-16-5-6-19(27-16)15-9-13(3)8-14(4)10-15/h5-6,8-10,12,17-18,22H,7,11H2,1-4H3,(H,23,24)(H,25,26)/t17?,18-/m0/s1. The van der Waals surface area contributed by atoms with Gasteiger partial charge >= 0.3 is 11.9 Å². The third-order valence-corrected chi connectivity index (χ3v) is 4.28. The lowest BCUT2D eigenvalue weighted by Crippen LogP contribution is -2.48. The first kappa shape index (κ1) is 20.7. The van der Waals surface area contributed by atoms with Crippen LogP contribution < -0.4 is 5.32 Å². The van der Waals surface area contributed by atoms with E-state index in [1.165, 1.54) is 0 Å². The Labute approximate surface area is 159 Å². The normalized spacial score (nSPS) is 13.5. The van der Waals surface area contributed by atoms with E-state index in [-0.39, 0.29) is 12.3 Å². The van der Waals surface area contributed by atoms with E-state index in [9.17, 15) is 19.8 Å². The molecule has 0 saturated heterocycles. The molecular formula is C21H27NO5. The maximum Gasteiger partial charge on any atom is 0.321 e. The monoisotopic (exact) mass is 373 g/mol. The molecule has 1 aromatic carbocycles. The van der Waals surface area contributed by atoms with Gasteiger partial charge in [0, 0.05) is 12.0 Å². The number of carboxylic acids is 2. The summed E-state index contributed by atoms with van der Waals surface area (Å²) in [4.78, 5) is 23.0. The topological polar surface area (TPSA) is 99.8 Å². The molecule has 0 aliphatic carbocycles. The van der Waals surface area contributed by atoms with Gasteiger partial charge in [-0.05, 0) is 50.5 Å². The molecule has 0 fully saturated rings. The van der Waals surface area contributed by atoms with Gasteiger partial charge in [0.2, 0.25) is 0 Å². The van der Waals surface area contributed by atoms with Gasteiger partial charge < -0.3 is 14.6 Å². The van der Waals surface area contributed by atoms with Crippen molar-refractivity contribution < 1.29 is 24.2 Å². The van der Waals surface area contributed by atoms with Gasteiger partial charge in [-0.2, -0.15) is 0 Å². The van der Waals surface area contributed by atoms with E-state index in [1.807, 2.05) is 45.9 Å². The third-order valence-electron chi connectivity index (χ3n) is 4.28. The number of nitrogens with one attached hydrogen (secondary N) is 1. The molecule has 0 aliphatic heterocycles. The average molecular weight is 373 g/mol. The lowest BCUT2D eigenvalue weighted by atomic mass is 10.0. The van der Waals surface area contributed by atoms with E-state index in [4.69, 9.17) is 4.42 Å². The van der Waals surface area contributed by atoms with Crippen LogP contribution in [0, 0.1) is 19.8 Å². The van der Waals surface area contributed by atoms with Gasteiger partial charge in [0.05, 0.1) is 0 Å². The van der Waals surface area contributed by atoms with Crippen LogP contribution in [0.5, 0.6) is 0 Å². The number of furan rings is 1. The van der Waals surface area contributed by atoms with Crippen LogP contribution in [-0.4, -0.2) is 34.2 Å². The third kappa shape index (κ3) is 5.96. The first-order valence-electron chi connectivity index (χ1n) is 9.04. The largest absolute Gasteiger partial charge is 0.480 e. The molecular weight excluding hydrogens is 346 g/mol. The molecule has 27 heavy (non-hydrogen) atoms. The summed E-state index contributed by atoms with van der Waals surface area (Å²) in [6, 6.07) is 7.67. The Morgan fingerprint density at radius 1 is 1.00 bits per heavy atom. The van der Waals surface area contributed by atoms with Gasteiger partial charge in [0.25, 0.3) is 0 Å². The summed E-state index contributed by atoms with van der Waals surface area (Å²) in [7, 11) is 0. The van der Waals surface area contributed by atoms with E-state index < -0.39 is 24.0 Å². The maximum atomic E-state index is 11.6. The molecule has 6 nitrogen and oxygen atoms in total. The van der Waals surface area contributed by atoms with Crippen LogP contribution in [0.2, 0.25) is 0 Å². The summed E-state index contributed by atoms with van der Waals surface area (Å²) in [5.41, 5.74) is 3.17. The predicted molar refractivity (Wildman–Crippen MR) is 103 cm³/mol. The van der Waals surface area contributed by atoms with Crippen LogP contribution in [0.1, 0.15) is 37.2 Å². The zero-order chi connectivity index (χ0) is 20.1. The zero-order valence-electron chi connectivity index (χ0n) is 16.2. The molecule has 0 amide bonds. The van der Waals surface area contributed by atoms with Crippen LogP contribution in [0.3, 0.4) is 0 Å². The summed E-state index contributed by atoms with van der Waals surface area (Å²) in [5, 5.41) is 21.6. The second kappa shape index (κ2) is 8.86. The summed E-state index contributed by atoms with van der Waals surface area (Å²) in [6.45, 7) is 7.81. The number of benzene rings is 1. The van der Waals surface area contributed by atoms with Crippen molar-refractivity contribution in [1.29, 1.82) is 0 Å². The highest BCUT2D eigenvalue weighted by atomic mass is 16.4. The molecule has 146 valence electrons. The molecule has 0 aliphatic rings. The first-order valence-corrected chi connectivity index (χ1v) is 9.04. The molecule has 2 atom stereocenters. The Kier molecular flexibility index (Phi) is 6.80. The fraction of sp³-hybridized carbons (Fsp3) is 0.429. The molecule has 6 heteroatoms. The fourth-order valence-electron chi connectivity index (χ4n) is 3.13. The van der Waals surface area contributed by atoms with Crippen LogP contribution in [0.15, 0.2) is 34.7 Å². The van der Waals surface area contributed by atoms with Gasteiger partial charge in [-0.3, -0.25) is 14.9 Å². The number of hydrogen-bond acceptors (Lipinski definition) is 4. The summed E-state index contributed by atoms with van der Waals surface area (Å²) in [5.74, 6) is -0.858. The minimum absolute atomic E-state index is 0.0714. The van der Waals surface area contributed by atoms with Crippen molar-refractivity contribution >= 4 is 11.9 Å². The average Bonchev–Trinajstić information content (AvgIpc) is 3.00. The number of aliphatic carboxylic acids is 2. The van der Waals surface area contributed by atoms with Crippen LogP contribution in [0.4, 0.5) is 0 Å². The van der Waals surface area contributed by atoms with E-state index in [1.54, 1.807) is 6.07 Å². The second-order valence-electron chi connectivity index (χ2n) is 7.42. The highest BCUT2D eigenvalue weighted by molar-refractivity contribution is 5.77. The van der Waals surface area contributed by atoms with Gasteiger partial charge in [-0.25, -0.2) is 0 Å². The summed E-state index contributed by atoms with van der Waals surface area (Å²) < 4.78 is 5.83. The van der Waals surface area contributed by atoms with E-state index in [0.29, 0.717) is 17.9 Å². The minimum Gasteiger partial charge on any atom is -0.480 e. The van der Waals surface area contributed by atoms with Crippen LogP contribution >= 0.6 is 0 Å². The van der Waals surface area contributed by atoms with Gasteiger partial charge in [-0.1, -0.05) is 31.0 Å². The predicted octanol–water partition coefficient (Wildman–Crippen LogP) is 3.65. The quantitative estimate of drug-likeness (QED) is 0.620. The van der Waals surface area contributed by atoms with E-state index in [0.717, 1.165) is 16.7 Å². The Hall–Kier alpha value is -2.60. The lowest BCUT2D eigenvalue weighted by Gasteiger charge is -2.21. The molecule has 1 aromatic heterocycles. The summed E-state index contributed by atoms with van der Waals surface area (Å²) >= 11 is 0. The Morgan fingerprint density at radius 2 is 1.59 bits per heavy atom. The summed E-state index contributed by atoms with van der Waals surface area (Å²) in [6.07, 6.45) is 0.424. The molecule has 0 radical (unpaired) electrons. The number of aryl methyl sites for hydroxylation is 2.